The number of halogens is 1. The molecule has 0 amide bonds. The molecular weight excluding hydrogens is 203 g/mol. The van der Waals surface area contributed by atoms with Crippen LogP contribution in [0.2, 0.25) is 0 Å². The van der Waals surface area contributed by atoms with Crippen LogP contribution in [0.15, 0.2) is 13.4 Å². The first-order valence-electron chi connectivity index (χ1n) is 2.06. The van der Waals surface area contributed by atoms with Crippen LogP contribution in [0.4, 0.5) is 0 Å². The second-order valence-corrected chi connectivity index (χ2v) is 3.35. The summed E-state index contributed by atoms with van der Waals surface area (Å²) < 4.78 is 6.36. The van der Waals surface area contributed by atoms with Gasteiger partial charge in [0.05, 0.1) is 0 Å². The molecule has 0 saturated carbocycles. The third-order valence-electron chi connectivity index (χ3n) is 0.713. The van der Waals surface area contributed by atoms with E-state index in [-0.39, 0.29) is 21.0 Å². The molecule has 1 aliphatic heterocycles. The van der Waals surface area contributed by atoms with Crippen LogP contribution in [0.25, 0.3) is 0 Å². The Morgan fingerprint density at radius 2 is 2.71 bits per heavy atom. The first-order valence-corrected chi connectivity index (χ1v) is 4.27. The average molecular weight is 210 g/mol. The Bertz CT molecular complexity index is 108. The molecule has 40 valence electrons. The van der Waals surface area contributed by atoms with Gasteiger partial charge in [-0.2, -0.15) is 0 Å². The van der Waals surface area contributed by atoms with E-state index in [0.29, 0.717) is 0 Å². The monoisotopic (exact) mass is 210 g/mol. The molecule has 1 aliphatic rings. The number of nitrogens with zero attached hydrogens (tertiary/aromatic N) is 2. The van der Waals surface area contributed by atoms with E-state index in [0.717, 1.165) is 6.67 Å². The molecule has 0 saturated heterocycles. The van der Waals surface area contributed by atoms with Gasteiger partial charge in [0.25, 0.3) is 0 Å². The smallest absolute Gasteiger partial charge is 0.115 e. The fraction of sp³-hybridized carbons (Fsp3) is 0.500. The van der Waals surface area contributed by atoms with Crippen molar-refractivity contribution in [3.63, 3.8) is 0 Å². The van der Waals surface area contributed by atoms with E-state index >= 15 is 0 Å². The molecule has 2 nitrogen and oxygen atoms in total. The third kappa shape index (κ3) is 1.54. The molecule has 1 rings (SSSR count). The van der Waals surface area contributed by atoms with Crippen molar-refractivity contribution in [2.24, 2.45) is 3.15 Å². The number of hydrogen-bond acceptors (Lipinski definition) is 2. The Morgan fingerprint density at radius 1 is 1.86 bits per heavy atom. The van der Waals surface area contributed by atoms with Crippen LogP contribution < -0.4 is 0 Å². The van der Waals surface area contributed by atoms with Gasteiger partial charge < -0.3 is 4.90 Å². The Morgan fingerprint density at radius 3 is 3.00 bits per heavy atom. The van der Waals surface area contributed by atoms with E-state index in [1.165, 1.54) is 0 Å². The number of rotatable bonds is 0. The van der Waals surface area contributed by atoms with Crippen LogP contribution in [0.3, 0.4) is 0 Å². The highest BCUT2D eigenvalue weighted by molar-refractivity contribution is 14.2. The molecule has 0 N–H and O–H groups in total. The van der Waals surface area contributed by atoms with Crippen LogP contribution in [-0.2, 0) is 0 Å². The lowest BCUT2D eigenvalue weighted by Gasteiger charge is -2.10. The van der Waals surface area contributed by atoms with Crippen molar-refractivity contribution >= 4 is 21.0 Å². The van der Waals surface area contributed by atoms with Crippen molar-refractivity contribution in [2.45, 2.75) is 0 Å². The lowest BCUT2D eigenvalue weighted by molar-refractivity contribution is 0.478. The van der Waals surface area contributed by atoms with Crippen molar-refractivity contribution < 1.29 is 0 Å². The molecule has 0 bridgehead atoms. The van der Waals surface area contributed by atoms with Crippen LogP contribution in [0, 0.1) is 0 Å². The van der Waals surface area contributed by atoms with Crippen LogP contribution in [-0.4, -0.2) is 18.6 Å². The summed E-state index contributed by atoms with van der Waals surface area (Å²) in [5, 5.41) is 0. The second-order valence-electron chi connectivity index (χ2n) is 1.39. The molecule has 7 heavy (non-hydrogen) atoms. The minimum atomic E-state index is 0.0903. The van der Waals surface area contributed by atoms with Crippen molar-refractivity contribution in [3.8, 4) is 0 Å². The molecule has 0 aromatic rings. The topological polar surface area (TPSA) is 15.6 Å². The molecule has 0 radical (unpaired) electrons. The van der Waals surface area contributed by atoms with Crippen molar-refractivity contribution in [2.75, 3.05) is 13.7 Å². The molecule has 0 aliphatic carbocycles. The van der Waals surface area contributed by atoms with Gasteiger partial charge in [-0.1, -0.05) is 0 Å². The Kier molecular flexibility index (Phi) is 1.78. The highest BCUT2D eigenvalue weighted by Crippen LogP contribution is 2.08. The summed E-state index contributed by atoms with van der Waals surface area (Å²) in [5.41, 5.74) is 0. The minimum absolute atomic E-state index is 0.0903. The molecule has 0 atom stereocenters. The van der Waals surface area contributed by atoms with E-state index in [2.05, 4.69) is 18.3 Å². The van der Waals surface area contributed by atoms with Gasteiger partial charge in [0.1, 0.15) is 6.67 Å². The molecule has 0 fully saturated rings. The maximum Gasteiger partial charge on any atom is 0.115 e. The zero-order valence-electron chi connectivity index (χ0n) is 4.13. The molecule has 0 aromatic heterocycles. The molecule has 0 aromatic carbocycles. The summed E-state index contributed by atoms with van der Waals surface area (Å²) in [7, 11) is 2.03. The van der Waals surface area contributed by atoms with Gasteiger partial charge in [0.2, 0.25) is 0 Å². The summed E-state index contributed by atoms with van der Waals surface area (Å²) in [6, 6.07) is 0. The van der Waals surface area contributed by atoms with Crippen LogP contribution in [0.5, 0.6) is 0 Å². The lowest BCUT2D eigenvalue weighted by atomic mass is 10.8. The Balaban J connectivity index is 2.49. The third-order valence-corrected chi connectivity index (χ3v) is 2.05. The molecule has 0 spiro atoms. The zero-order valence-corrected chi connectivity index (χ0v) is 6.29. The van der Waals surface area contributed by atoms with Crippen LogP contribution in [0.1, 0.15) is 0 Å². The van der Waals surface area contributed by atoms with E-state index in [1.54, 1.807) is 0 Å². The molecule has 3 heteroatoms. The average Bonchev–Trinajstić information content (AvgIpc) is 1.69. The predicted molar refractivity (Wildman–Crippen MR) is 38.2 cm³/mol. The Hall–Kier alpha value is 0.0700. The highest BCUT2D eigenvalue weighted by atomic mass is 127. The van der Waals surface area contributed by atoms with Crippen LogP contribution >= 0.6 is 21.0 Å². The normalized spacial score (nSPS) is 19.3. The van der Waals surface area contributed by atoms with Gasteiger partial charge in [-0.05, 0) is 0 Å². The zero-order chi connectivity index (χ0) is 5.11. The predicted octanol–water partition coefficient (Wildman–Crippen LogP) is 1.51. The molecule has 0 unspecified atom stereocenters. The SMILES string of the molecule is CN1C=CI=NC1. The first-order chi connectivity index (χ1) is 3.39. The van der Waals surface area contributed by atoms with E-state index in [9.17, 15) is 0 Å². The summed E-state index contributed by atoms with van der Waals surface area (Å²) in [5.74, 6) is 0. The highest BCUT2D eigenvalue weighted by Gasteiger charge is 1.87. The van der Waals surface area contributed by atoms with Crippen molar-refractivity contribution in [3.05, 3.63) is 10.3 Å². The first kappa shape index (κ1) is 5.21. The summed E-state index contributed by atoms with van der Waals surface area (Å²) in [6.45, 7) is 0.907. The fourth-order valence-corrected chi connectivity index (χ4v) is 1.90. The van der Waals surface area contributed by atoms with E-state index in [4.69, 9.17) is 0 Å². The molecule has 1 heterocycles. The fourth-order valence-electron chi connectivity index (χ4n) is 0.324. The van der Waals surface area contributed by atoms with Gasteiger partial charge in [-0.25, -0.2) is 3.15 Å². The quantitative estimate of drug-likeness (QED) is 0.553. The van der Waals surface area contributed by atoms with Crippen molar-refractivity contribution in [1.29, 1.82) is 0 Å². The van der Waals surface area contributed by atoms with Gasteiger partial charge in [-0.3, -0.25) is 0 Å². The van der Waals surface area contributed by atoms with Crippen molar-refractivity contribution in [1.82, 2.24) is 4.90 Å². The standard InChI is InChI=1S/C4H7IN2/c1-7-3-2-5-6-4-7/h2-3H,4H2,1H3. The van der Waals surface area contributed by atoms with Gasteiger partial charge in [-0.15, -0.1) is 0 Å². The van der Waals surface area contributed by atoms with E-state index in [1.807, 2.05) is 7.05 Å². The largest absolute Gasteiger partial charge is 0.361 e. The Labute approximate surface area is 53.4 Å². The second kappa shape index (κ2) is 2.40. The number of hydrogen-bond donors (Lipinski definition) is 0. The maximum absolute atomic E-state index is 4.21. The van der Waals surface area contributed by atoms with Gasteiger partial charge >= 0.3 is 0 Å². The summed E-state index contributed by atoms with van der Waals surface area (Å²) in [6.07, 6.45) is 2.10. The lowest BCUT2D eigenvalue weighted by Crippen LogP contribution is -2.09. The van der Waals surface area contributed by atoms with Gasteiger partial charge in [0, 0.05) is 38.4 Å². The minimum Gasteiger partial charge on any atom is -0.361 e. The summed E-state index contributed by atoms with van der Waals surface area (Å²) in [4.78, 5) is 2.07. The maximum atomic E-state index is 4.21. The van der Waals surface area contributed by atoms with Gasteiger partial charge in [0.15, 0.2) is 0 Å². The summed E-state index contributed by atoms with van der Waals surface area (Å²) >= 11 is 0.0903. The van der Waals surface area contributed by atoms with E-state index < -0.39 is 0 Å². The molecular formula is C4H7IN2.